The molecule has 0 aliphatic heterocycles. The van der Waals surface area contributed by atoms with E-state index >= 15 is 0 Å². The summed E-state index contributed by atoms with van der Waals surface area (Å²) in [6, 6.07) is 181. The van der Waals surface area contributed by atoms with E-state index in [-0.39, 0.29) is 0 Å². The quantitative estimate of drug-likeness (QED) is 0.152. The lowest BCUT2D eigenvalue weighted by atomic mass is 9.93. The molecular weight excluding hydrogens is 1780 g/mol. The molecule has 0 saturated carbocycles. The number of fused-ring (bicyclic) bond motifs is 31. The number of furan rings is 2. The fraction of sp³-hybridized carbons (Fsp3) is 0. The lowest BCUT2D eigenvalue weighted by molar-refractivity contribution is 0.669. The third-order valence-electron chi connectivity index (χ3n) is 29.2. The minimum Gasteiger partial charge on any atom is -0.456 e. The third kappa shape index (κ3) is 13.4. The number of para-hydroxylation sites is 8. The Balaban J connectivity index is 0.0000000920. The Morgan fingerprint density at radius 3 is 1.01 bits per heavy atom. The highest BCUT2D eigenvalue weighted by atomic mass is 32.1. The Morgan fingerprint density at radius 1 is 0.147 bits per heavy atom. The van der Waals surface area contributed by atoms with Gasteiger partial charge in [0.2, 0.25) is 0 Å². The molecule has 0 aliphatic carbocycles. The Hall–Kier alpha value is -18.4. The first-order chi connectivity index (χ1) is 70.9. The van der Waals surface area contributed by atoms with Crippen molar-refractivity contribution in [3.63, 3.8) is 0 Å². The number of hydrogen-bond acceptors (Lipinski definition) is 4. The molecule has 23 aromatic carbocycles. The third-order valence-corrected chi connectivity index (χ3v) is 31.5. The number of aromatic nitrogens is 5. The van der Waals surface area contributed by atoms with Gasteiger partial charge in [0.15, 0.2) is 5.58 Å². The molecule has 0 atom stereocenters. The van der Waals surface area contributed by atoms with Gasteiger partial charge < -0.3 is 31.7 Å². The minimum atomic E-state index is 0.926. The maximum absolute atomic E-state index is 6.45. The first-order valence-corrected chi connectivity index (χ1v) is 50.4. The fourth-order valence-corrected chi connectivity index (χ4v) is 25.0. The Morgan fingerprint density at radius 2 is 0.490 bits per heavy atom. The molecule has 32 aromatic rings. The van der Waals surface area contributed by atoms with Gasteiger partial charge in [-0.15, -0.1) is 22.7 Å². The minimum absolute atomic E-state index is 0.926. The van der Waals surface area contributed by atoms with Crippen LogP contribution in [0.3, 0.4) is 0 Å². The van der Waals surface area contributed by atoms with Crippen molar-refractivity contribution in [2.75, 3.05) is 0 Å². The van der Waals surface area contributed by atoms with Crippen LogP contribution < -0.4 is 0 Å². The zero-order valence-corrected chi connectivity index (χ0v) is 78.9. The number of thiophene rings is 2. The molecule has 7 nitrogen and oxygen atoms in total. The van der Waals surface area contributed by atoms with E-state index in [4.69, 9.17) is 8.83 Å². The van der Waals surface area contributed by atoms with E-state index in [9.17, 15) is 0 Å². The molecule has 0 radical (unpaired) electrons. The molecule has 0 aliphatic rings. The number of rotatable bonds is 8. The summed E-state index contributed by atoms with van der Waals surface area (Å²) in [6.45, 7) is 0. The largest absolute Gasteiger partial charge is 0.456 e. The standard InChI is InChI=1S/C42H27NS.C36H22N2S.2C28H17NO/c1-3-11-28(12-4-1)31-23-32(29-13-5-2-6-14-29)25-33(24-31)30-19-21-34(22-20-30)43-39-17-9-7-15-35(39)37-27-42-38(26-40(37)43)36-16-8-10-18-41(36)44-42;1-5-13-31-25(9-1)26-10-2-6-14-32(26)37(31)23-17-19-24(20-18-23)38-33-15-7-3-11-27(33)29-22-36-30(21-34(29)38)28-12-4-8-16-35(28)39-36;1-2-10-20(11-3-1)29-25-15-19-9-5-4-8-18(19)14-22(25)23-17-28-24(16-26(23)29)21-12-6-7-13-27(21)30-28;1-2-9-19(10-3-1)29-24-17-14-18-8-4-5-11-20(18)26(24)23-16-15-22-21-12-6-7-13-25(21)30-28(22)27(23)29/h1-27H;1-22H;2*1-17H. The Labute approximate surface area is 828 Å². The molecule has 0 bridgehead atoms. The predicted molar refractivity (Wildman–Crippen MR) is 609 cm³/mol. The summed E-state index contributed by atoms with van der Waals surface area (Å²) < 4.78 is 30.0. The van der Waals surface area contributed by atoms with Crippen molar-refractivity contribution in [3.8, 4) is 61.8 Å². The SMILES string of the molecule is c1ccc(-c2cc(-c3ccccc3)cc(-c3ccc(-n4c5ccccc5c5cc6sc7ccccc7c6cc54)cc3)c2)cc1.c1ccc(-n2c3cc4ccccc4cc3c3cc4oc5ccccc5c4cc32)cc1.c1ccc(-n2c3ccc4ccccc4c3c3ccc4c5ccccc5oc4c32)cc1.c1ccc2c(c1)sc1cc3c4ccccc4n(-c4ccc(-n5c6ccccc6c6ccccc65)cc4)c3cc12. The fourth-order valence-electron chi connectivity index (χ4n) is 22.7. The van der Waals surface area contributed by atoms with E-state index in [1.807, 2.05) is 46.9 Å². The van der Waals surface area contributed by atoms with Crippen molar-refractivity contribution in [1.82, 2.24) is 22.8 Å². The Bertz CT molecular complexity index is 10600. The van der Waals surface area contributed by atoms with Crippen molar-refractivity contribution in [1.29, 1.82) is 0 Å². The lowest BCUT2D eigenvalue weighted by Gasteiger charge is -2.13. The van der Waals surface area contributed by atoms with Crippen molar-refractivity contribution in [2.45, 2.75) is 0 Å². The molecule has 0 saturated heterocycles. The smallest absolute Gasteiger partial charge is 0.160 e. The van der Waals surface area contributed by atoms with Gasteiger partial charge in [-0.1, -0.05) is 315 Å². The van der Waals surface area contributed by atoms with Crippen LogP contribution in [0.15, 0.2) is 512 Å². The van der Waals surface area contributed by atoms with Crippen LogP contribution in [-0.2, 0) is 0 Å². The molecule has 0 amide bonds. The molecule has 0 N–H and O–H groups in total. The highest BCUT2D eigenvalue weighted by Crippen LogP contribution is 2.49. The van der Waals surface area contributed by atoms with E-state index in [2.05, 4.69) is 502 Å². The molecule has 9 heterocycles. The van der Waals surface area contributed by atoms with Gasteiger partial charge in [0.05, 0.1) is 55.2 Å². The van der Waals surface area contributed by atoms with Crippen LogP contribution in [0.4, 0.5) is 0 Å². The molecule has 143 heavy (non-hydrogen) atoms. The van der Waals surface area contributed by atoms with Gasteiger partial charge in [-0.3, -0.25) is 0 Å². The molecule has 668 valence electrons. The zero-order valence-electron chi connectivity index (χ0n) is 77.3. The Kier molecular flexibility index (Phi) is 19.0. The van der Waals surface area contributed by atoms with Gasteiger partial charge in [0, 0.05) is 144 Å². The highest BCUT2D eigenvalue weighted by molar-refractivity contribution is 7.26. The predicted octanol–water partition coefficient (Wildman–Crippen LogP) is 38.1. The van der Waals surface area contributed by atoms with Crippen LogP contribution >= 0.6 is 22.7 Å². The molecule has 0 spiro atoms. The summed E-state index contributed by atoms with van der Waals surface area (Å²) in [7, 11) is 0. The van der Waals surface area contributed by atoms with Crippen LogP contribution in [0.5, 0.6) is 0 Å². The van der Waals surface area contributed by atoms with E-state index in [1.165, 1.54) is 222 Å². The molecule has 0 unspecified atom stereocenters. The van der Waals surface area contributed by atoms with Gasteiger partial charge in [0.25, 0.3) is 0 Å². The maximum Gasteiger partial charge on any atom is 0.160 e. The average Bonchev–Trinajstić information content (AvgIpc) is 1.56. The van der Waals surface area contributed by atoms with Crippen LogP contribution in [0.2, 0.25) is 0 Å². The normalized spacial score (nSPS) is 11.9. The van der Waals surface area contributed by atoms with Gasteiger partial charge >= 0.3 is 0 Å². The molecule has 9 heteroatoms. The summed E-state index contributed by atoms with van der Waals surface area (Å²) in [4.78, 5) is 0. The summed E-state index contributed by atoms with van der Waals surface area (Å²) in [6.07, 6.45) is 0. The van der Waals surface area contributed by atoms with Gasteiger partial charge in [-0.2, -0.15) is 0 Å². The topological polar surface area (TPSA) is 50.9 Å². The van der Waals surface area contributed by atoms with Gasteiger partial charge in [0.1, 0.15) is 16.7 Å². The summed E-state index contributed by atoms with van der Waals surface area (Å²) in [5.74, 6) is 0. The van der Waals surface area contributed by atoms with Gasteiger partial charge in [-0.25, -0.2) is 0 Å². The van der Waals surface area contributed by atoms with Crippen LogP contribution in [0.1, 0.15) is 0 Å². The van der Waals surface area contributed by atoms with Gasteiger partial charge in [-0.05, 0) is 243 Å². The molecule has 9 aromatic heterocycles. The molecule has 0 fully saturated rings. The second-order valence-electron chi connectivity index (χ2n) is 37.2. The van der Waals surface area contributed by atoms with E-state index in [1.54, 1.807) is 0 Å². The second-order valence-corrected chi connectivity index (χ2v) is 39.4. The van der Waals surface area contributed by atoms with E-state index < -0.39 is 0 Å². The lowest BCUT2D eigenvalue weighted by Crippen LogP contribution is -1.97. The highest BCUT2D eigenvalue weighted by Gasteiger charge is 2.25. The zero-order chi connectivity index (χ0) is 93.8. The number of nitrogens with zero attached hydrogens (tertiary/aromatic N) is 5. The number of benzene rings is 23. The molecular formula is C134H83N5O2S2. The first kappa shape index (κ1) is 81.8. The average molecular weight is 1860 g/mol. The van der Waals surface area contributed by atoms with E-state index in [0.29, 0.717) is 0 Å². The van der Waals surface area contributed by atoms with Crippen LogP contribution in [0, 0.1) is 0 Å². The summed E-state index contributed by atoms with van der Waals surface area (Å²) >= 11 is 3.76. The van der Waals surface area contributed by atoms with E-state index in [0.717, 1.165) is 55.1 Å². The maximum atomic E-state index is 6.45. The molecule has 32 rings (SSSR count). The second kappa shape index (κ2) is 33.2. The summed E-state index contributed by atoms with van der Waals surface area (Å²) in [5, 5.41) is 27.7. The van der Waals surface area contributed by atoms with Crippen molar-refractivity contribution in [3.05, 3.63) is 504 Å². The number of hydrogen-bond donors (Lipinski definition) is 0. The van der Waals surface area contributed by atoms with Crippen molar-refractivity contribution >= 4 is 237 Å². The summed E-state index contributed by atoms with van der Waals surface area (Å²) in [5.41, 5.74) is 29.0. The van der Waals surface area contributed by atoms with Crippen LogP contribution in [-0.4, -0.2) is 22.8 Å². The van der Waals surface area contributed by atoms with Crippen LogP contribution in [0.25, 0.3) is 277 Å². The van der Waals surface area contributed by atoms with Crippen molar-refractivity contribution < 1.29 is 8.83 Å². The first-order valence-electron chi connectivity index (χ1n) is 48.7. The van der Waals surface area contributed by atoms with Crippen molar-refractivity contribution in [2.24, 2.45) is 0 Å². The monoisotopic (exact) mass is 1860 g/mol.